The molecule has 0 atom stereocenters. The summed E-state index contributed by atoms with van der Waals surface area (Å²) in [7, 11) is -4.14. The SMILES string of the molecule is Nc1ccc2c(ccc[n+]2CCCS(=O)(=O)[O-])c1. The average molecular weight is 266 g/mol. The van der Waals surface area contributed by atoms with Crippen LogP contribution < -0.4 is 10.3 Å². The average Bonchev–Trinajstić information content (AvgIpc) is 2.27. The number of benzene rings is 1. The van der Waals surface area contributed by atoms with Gasteiger partial charge < -0.3 is 10.3 Å². The van der Waals surface area contributed by atoms with E-state index >= 15 is 0 Å². The summed E-state index contributed by atoms with van der Waals surface area (Å²) in [5.74, 6) is -0.342. The van der Waals surface area contributed by atoms with Crippen LogP contribution in [0.5, 0.6) is 0 Å². The van der Waals surface area contributed by atoms with Crippen LogP contribution in [0.1, 0.15) is 6.42 Å². The second-order valence-electron chi connectivity index (χ2n) is 4.14. The van der Waals surface area contributed by atoms with Crippen LogP contribution in [-0.4, -0.2) is 18.7 Å². The second-order valence-corrected chi connectivity index (χ2v) is 5.66. The molecule has 18 heavy (non-hydrogen) atoms. The molecule has 5 nitrogen and oxygen atoms in total. The number of anilines is 1. The summed E-state index contributed by atoms with van der Waals surface area (Å²) in [5, 5.41) is 0.988. The first kappa shape index (κ1) is 12.8. The number of rotatable bonds is 4. The molecule has 0 aliphatic heterocycles. The molecule has 1 heterocycles. The van der Waals surface area contributed by atoms with Crippen molar-refractivity contribution in [2.24, 2.45) is 0 Å². The molecule has 2 aromatic rings. The third-order valence-corrected chi connectivity index (χ3v) is 3.48. The molecule has 0 radical (unpaired) electrons. The van der Waals surface area contributed by atoms with E-state index in [1.807, 2.05) is 35.0 Å². The molecule has 0 aliphatic carbocycles. The maximum absolute atomic E-state index is 10.5. The van der Waals surface area contributed by atoms with E-state index < -0.39 is 10.1 Å². The van der Waals surface area contributed by atoms with Crippen molar-refractivity contribution in [2.45, 2.75) is 13.0 Å². The normalized spacial score (nSPS) is 11.8. The minimum absolute atomic E-state index is 0.306. The summed E-state index contributed by atoms with van der Waals surface area (Å²) in [4.78, 5) is 0. The van der Waals surface area contributed by atoms with Crippen LogP contribution in [0.4, 0.5) is 5.69 Å². The standard InChI is InChI=1S/C12H14N2O3S/c13-11-4-5-12-10(9-11)3-1-6-14(12)7-2-8-18(15,16)17/h1,3-6,9H,2,7-8,13H2. The molecule has 1 aromatic carbocycles. The molecule has 6 heteroatoms. The Morgan fingerprint density at radius 3 is 2.78 bits per heavy atom. The van der Waals surface area contributed by atoms with E-state index in [4.69, 9.17) is 5.73 Å². The Morgan fingerprint density at radius 1 is 1.28 bits per heavy atom. The number of aryl methyl sites for hydroxylation is 1. The lowest BCUT2D eigenvalue weighted by molar-refractivity contribution is -0.671. The van der Waals surface area contributed by atoms with Crippen molar-refractivity contribution in [2.75, 3.05) is 11.5 Å². The van der Waals surface area contributed by atoms with Crippen molar-refractivity contribution in [1.29, 1.82) is 0 Å². The predicted octanol–water partition coefficient (Wildman–Crippen LogP) is 0.645. The molecule has 0 aliphatic rings. The smallest absolute Gasteiger partial charge is 0.212 e. The Labute approximate surface area is 106 Å². The molecule has 0 saturated carbocycles. The Bertz CT molecular complexity index is 668. The van der Waals surface area contributed by atoms with Gasteiger partial charge in [-0.25, -0.2) is 8.42 Å². The monoisotopic (exact) mass is 266 g/mol. The third-order valence-electron chi connectivity index (χ3n) is 2.70. The van der Waals surface area contributed by atoms with Crippen LogP contribution in [-0.2, 0) is 16.7 Å². The van der Waals surface area contributed by atoms with Crippen molar-refractivity contribution >= 4 is 26.7 Å². The van der Waals surface area contributed by atoms with Crippen LogP contribution in [0.25, 0.3) is 10.9 Å². The van der Waals surface area contributed by atoms with Gasteiger partial charge in [0.25, 0.3) is 0 Å². The number of hydrogen-bond donors (Lipinski definition) is 1. The molecule has 1 aromatic heterocycles. The lowest BCUT2D eigenvalue weighted by atomic mass is 10.2. The van der Waals surface area contributed by atoms with Gasteiger partial charge in [0.2, 0.25) is 5.52 Å². The first-order valence-corrected chi connectivity index (χ1v) is 7.15. The van der Waals surface area contributed by atoms with Gasteiger partial charge in [0.05, 0.1) is 10.1 Å². The summed E-state index contributed by atoms with van der Waals surface area (Å²) < 4.78 is 33.6. The van der Waals surface area contributed by atoms with E-state index in [0.717, 1.165) is 10.9 Å². The van der Waals surface area contributed by atoms with Crippen molar-refractivity contribution < 1.29 is 17.5 Å². The molecular weight excluding hydrogens is 252 g/mol. The van der Waals surface area contributed by atoms with Gasteiger partial charge in [-0.3, -0.25) is 0 Å². The third kappa shape index (κ3) is 3.18. The molecule has 0 amide bonds. The lowest BCUT2D eigenvalue weighted by Gasteiger charge is -2.05. The first-order valence-electron chi connectivity index (χ1n) is 5.57. The highest BCUT2D eigenvalue weighted by molar-refractivity contribution is 7.85. The van der Waals surface area contributed by atoms with Gasteiger partial charge in [-0.1, -0.05) is 0 Å². The van der Waals surface area contributed by atoms with Crippen LogP contribution >= 0.6 is 0 Å². The van der Waals surface area contributed by atoms with E-state index in [-0.39, 0.29) is 5.75 Å². The maximum atomic E-state index is 10.5. The highest BCUT2D eigenvalue weighted by Crippen LogP contribution is 2.13. The summed E-state index contributed by atoms with van der Waals surface area (Å²) in [6.07, 6.45) is 2.16. The number of nitrogens with two attached hydrogens (primary N) is 1. The molecule has 0 saturated heterocycles. The van der Waals surface area contributed by atoms with Gasteiger partial charge in [0, 0.05) is 35.4 Å². The van der Waals surface area contributed by atoms with Crippen LogP contribution in [0.3, 0.4) is 0 Å². The quantitative estimate of drug-likeness (QED) is 0.500. The molecule has 0 spiro atoms. The fourth-order valence-corrected chi connectivity index (χ4v) is 2.39. The zero-order valence-corrected chi connectivity index (χ0v) is 10.6. The fourth-order valence-electron chi connectivity index (χ4n) is 1.91. The molecule has 2 rings (SSSR count). The number of pyridine rings is 1. The Hall–Kier alpha value is -1.66. The number of nitrogen functional groups attached to an aromatic ring is 1. The number of fused-ring (bicyclic) bond motifs is 1. The van der Waals surface area contributed by atoms with E-state index in [1.165, 1.54) is 0 Å². The summed E-state index contributed by atoms with van der Waals surface area (Å²) in [6.45, 7) is 0.489. The van der Waals surface area contributed by atoms with Crippen LogP contribution in [0, 0.1) is 0 Å². The predicted molar refractivity (Wildman–Crippen MR) is 67.7 cm³/mol. The van der Waals surface area contributed by atoms with Gasteiger partial charge in [0.1, 0.15) is 6.54 Å². The number of nitrogens with zero attached hydrogens (tertiary/aromatic N) is 1. The Kier molecular flexibility index (Phi) is 3.49. The van der Waals surface area contributed by atoms with E-state index in [0.29, 0.717) is 18.7 Å². The molecule has 0 bridgehead atoms. The second kappa shape index (κ2) is 4.91. The number of hydrogen-bond acceptors (Lipinski definition) is 4. The zero-order chi connectivity index (χ0) is 13.2. The first-order chi connectivity index (χ1) is 8.46. The summed E-state index contributed by atoms with van der Waals surface area (Å²) in [6, 6.07) is 9.34. The van der Waals surface area contributed by atoms with Crippen LogP contribution in [0.2, 0.25) is 0 Å². The molecule has 96 valence electrons. The Balaban J connectivity index is 2.23. The van der Waals surface area contributed by atoms with Gasteiger partial charge in [-0.2, -0.15) is 4.57 Å². The molecule has 0 unspecified atom stereocenters. The highest BCUT2D eigenvalue weighted by Gasteiger charge is 2.08. The lowest BCUT2D eigenvalue weighted by Crippen LogP contribution is -2.34. The largest absolute Gasteiger partial charge is 0.748 e. The maximum Gasteiger partial charge on any atom is 0.212 e. The van der Waals surface area contributed by atoms with Gasteiger partial charge in [0.15, 0.2) is 6.20 Å². The van der Waals surface area contributed by atoms with Gasteiger partial charge in [-0.05, 0) is 18.2 Å². The van der Waals surface area contributed by atoms with Crippen molar-refractivity contribution in [3.05, 3.63) is 36.5 Å². The minimum atomic E-state index is -4.14. The van der Waals surface area contributed by atoms with E-state index in [1.54, 1.807) is 6.07 Å². The van der Waals surface area contributed by atoms with Crippen molar-refractivity contribution in [3.63, 3.8) is 0 Å². The topological polar surface area (TPSA) is 87.1 Å². The molecular formula is C12H14N2O3S. The molecule has 0 fully saturated rings. The zero-order valence-electron chi connectivity index (χ0n) is 9.74. The van der Waals surface area contributed by atoms with Crippen LogP contribution in [0.15, 0.2) is 36.5 Å². The van der Waals surface area contributed by atoms with E-state index in [9.17, 15) is 13.0 Å². The minimum Gasteiger partial charge on any atom is -0.748 e. The van der Waals surface area contributed by atoms with Crippen molar-refractivity contribution in [1.82, 2.24) is 0 Å². The summed E-state index contributed by atoms with van der Waals surface area (Å²) in [5.41, 5.74) is 7.35. The van der Waals surface area contributed by atoms with Gasteiger partial charge in [-0.15, -0.1) is 0 Å². The highest BCUT2D eigenvalue weighted by atomic mass is 32.2. The summed E-state index contributed by atoms with van der Waals surface area (Å²) >= 11 is 0. The fraction of sp³-hybridized carbons (Fsp3) is 0.250. The van der Waals surface area contributed by atoms with Gasteiger partial charge >= 0.3 is 0 Å². The molecule has 2 N–H and O–H groups in total. The van der Waals surface area contributed by atoms with E-state index in [2.05, 4.69) is 0 Å². The van der Waals surface area contributed by atoms with Crippen molar-refractivity contribution in [3.8, 4) is 0 Å². The number of aromatic nitrogens is 1. The Morgan fingerprint density at radius 2 is 2.06 bits per heavy atom.